The van der Waals surface area contributed by atoms with Gasteiger partial charge in [0.25, 0.3) is 17.1 Å². The van der Waals surface area contributed by atoms with E-state index in [0.29, 0.717) is 10.7 Å². The van der Waals surface area contributed by atoms with E-state index in [1.807, 2.05) is 0 Å². The minimum atomic E-state index is -2.15. The molecule has 0 aromatic heterocycles. The van der Waals surface area contributed by atoms with Crippen LogP contribution in [0.1, 0.15) is 34.6 Å². The fraction of sp³-hybridized carbons (Fsp3) is 0.286. The lowest BCUT2D eigenvalue weighted by Crippen LogP contribution is -2.64. The van der Waals surface area contributed by atoms with Crippen LogP contribution in [0.4, 0.5) is 4.79 Å². The van der Waals surface area contributed by atoms with Gasteiger partial charge in [-0.05, 0) is 24.8 Å². The Morgan fingerprint density at radius 2 is 1.73 bits per heavy atom. The number of aliphatic carboxylic acids is 1. The topological polar surface area (TPSA) is 104 Å². The molecule has 8 heteroatoms. The minimum absolute atomic E-state index is 0.123. The van der Waals surface area contributed by atoms with E-state index >= 15 is 0 Å². The van der Waals surface area contributed by atoms with Gasteiger partial charge in [-0.3, -0.25) is 14.4 Å². The highest BCUT2D eigenvalue weighted by molar-refractivity contribution is 8.13. The van der Waals surface area contributed by atoms with E-state index < -0.39 is 28.7 Å². The van der Waals surface area contributed by atoms with Gasteiger partial charge < -0.3 is 10.4 Å². The maximum absolute atomic E-state index is 12.4. The third kappa shape index (κ3) is 2.45. The molecule has 1 unspecified atom stereocenters. The predicted molar refractivity (Wildman–Crippen MR) is 79.6 cm³/mol. The molecule has 2 rings (SSSR count). The van der Waals surface area contributed by atoms with Gasteiger partial charge in [-0.1, -0.05) is 30.8 Å². The zero-order chi connectivity index (χ0) is 16.5. The summed E-state index contributed by atoms with van der Waals surface area (Å²) in [7, 11) is 0. The Labute approximate surface area is 130 Å². The molecule has 7 nitrogen and oxygen atoms in total. The second-order valence-corrected chi connectivity index (χ2v) is 5.95. The van der Waals surface area contributed by atoms with Crippen LogP contribution in [0.3, 0.4) is 0 Å². The molecular formula is C14H14N2O5S. The third-order valence-electron chi connectivity index (χ3n) is 3.28. The number of hydrogen-bond donors (Lipinski definition) is 2. The molecule has 0 saturated heterocycles. The third-order valence-corrected chi connectivity index (χ3v) is 3.93. The van der Waals surface area contributed by atoms with E-state index in [1.165, 1.54) is 12.1 Å². The van der Waals surface area contributed by atoms with Gasteiger partial charge in [0.05, 0.1) is 11.1 Å². The van der Waals surface area contributed by atoms with Crippen molar-refractivity contribution in [3.8, 4) is 0 Å². The van der Waals surface area contributed by atoms with E-state index in [9.17, 15) is 24.3 Å². The Balaban J connectivity index is 2.43. The van der Waals surface area contributed by atoms with Crippen molar-refractivity contribution in [2.24, 2.45) is 0 Å². The summed E-state index contributed by atoms with van der Waals surface area (Å²) >= 11 is 0.858. The first-order valence-corrected chi connectivity index (χ1v) is 7.47. The van der Waals surface area contributed by atoms with Gasteiger partial charge in [0, 0.05) is 0 Å². The summed E-state index contributed by atoms with van der Waals surface area (Å²) in [5.74, 6) is -2.55. The van der Waals surface area contributed by atoms with Gasteiger partial charge in [0.1, 0.15) is 0 Å². The molecular weight excluding hydrogens is 308 g/mol. The average molecular weight is 322 g/mol. The molecule has 22 heavy (non-hydrogen) atoms. The molecule has 0 bridgehead atoms. The number of nitrogens with zero attached hydrogens (tertiary/aromatic N) is 1. The number of carbonyl (C=O) groups is 4. The molecule has 0 aliphatic carbocycles. The van der Waals surface area contributed by atoms with E-state index in [2.05, 4.69) is 5.32 Å². The zero-order valence-corrected chi connectivity index (χ0v) is 12.8. The normalized spacial score (nSPS) is 16.2. The van der Waals surface area contributed by atoms with Crippen molar-refractivity contribution in [2.75, 3.05) is 5.75 Å². The number of thioether (sulfide) groups is 1. The van der Waals surface area contributed by atoms with Crippen molar-refractivity contribution in [1.29, 1.82) is 0 Å². The van der Waals surface area contributed by atoms with Crippen LogP contribution in [0.5, 0.6) is 0 Å². The van der Waals surface area contributed by atoms with E-state index in [-0.39, 0.29) is 11.1 Å². The first-order valence-electron chi connectivity index (χ1n) is 6.49. The largest absolute Gasteiger partial charge is 0.478 e. The molecule has 1 aliphatic rings. The zero-order valence-electron chi connectivity index (χ0n) is 12.0. The molecule has 1 aromatic carbocycles. The van der Waals surface area contributed by atoms with Crippen LogP contribution >= 0.6 is 11.8 Å². The molecule has 0 saturated carbocycles. The second-order valence-electron chi connectivity index (χ2n) is 4.71. The van der Waals surface area contributed by atoms with Crippen molar-refractivity contribution in [2.45, 2.75) is 19.5 Å². The van der Waals surface area contributed by atoms with Crippen LogP contribution in [-0.2, 0) is 4.79 Å². The lowest BCUT2D eigenvalue weighted by atomic mass is 10.1. The summed E-state index contributed by atoms with van der Waals surface area (Å²) in [6.45, 7) is 2.84. The molecule has 1 atom stereocenters. The van der Waals surface area contributed by atoms with Gasteiger partial charge in [-0.25, -0.2) is 9.69 Å². The van der Waals surface area contributed by atoms with E-state index in [1.54, 1.807) is 19.1 Å². The van der Waals surface area contributed by atoms with Crippen LogP contribution in [-0.4, -0.2) is 44.4 Å². The maximum atomic E-state index is 12.4. The van der Waals surface area contributed by atoms with Crippen LogP contribution < -0.4 is 5.32 Å². The van der Waals surface area contributed by atoms with E-state index in [0.717, 1.165) is 18.7 Å². The fourth-order valence-electron chi connectivity index (χ4n) is 2.17. The van der Waals surface area contributed by atoms with E-state index in [4.69, 9.17) is 0 Å². The molecule has 2 N–H and O–H groups in total. The Hall–Kier alpha value is -2.35. The van der Waals surface area contributed by atoms with Gasteiger partial charge in [-0.2, -0.15) is 0 Å². The summed E-state index contributed by atoms with van der Waals surface area (Å²) in [6.07, 6.45) is 0. The van der Waals surface area contributed by atoms with Crippen molar-refractivity contribution in [3.05, 3.63) is 35.4 Å². The lowest BCUT2D eigenvalue weighted by molar-refractivity contribution is -0.148. The van der Waals surface area contributed by atoms with Crippen molar-refractivity contribution in [1.82, 2.24) is 10.2 Å². The summed E-state index contributed by atoms with van der Waals surface area (Å²) < 4.78 is 0. The molecule has 1 heterocycles. The Morgan fingerprint density at radius 3 is 2.14 bits per heavy atom. The predicted octanol–water partition coefficient (Wildman–Crippen LogP) is 1.55. The van der Waals surface area contributed by atoms with Gasteiger partial charge in [0.15, 0.2) is 0 Å². The molecule has 0 fully saturated rings. The summed E-state index contributed by atoms with van der Waals surface area (Å²) in [5.41, 5.74) is -1.90. The first-order chi connectivity index (χ1) is 10.3. The Morgan fingerprint density at radius 1 is 1.23 bits per heavy atom. The molecule has 1 aromatic rings. The number of fused-ring (bicyclic) bond motifs is 1. The number of imide groups is 1. The monoisotopic (exact) mass is 322 g/mol. The van der Waals surface area contributed by atoms with Crippen molar-refractivity contribution >= 4 is 34.8 Å². The number of amides is 3. The highest BCUT2D eigenvalue weighted by Crippen LogP contribution is 2.29. The average Bonchev–Trinajstić information content (AvgIpc) is 2.71. The maximum Gasteiger partial charge on any atom is 0.350 e. The molecule has 0 radical (unpaired) electrons. The highest BCUT2D eigenvalue weighted by atomic mass is 32.2. The first kappa shape index (κ1) is 16.0. The standard InChI is InChI=1S/C14H14N2O5S/c1-3-22-13(21)15-14(2,12(19)20)16-10(17)8-6-4-5-7-9(8)11(16)18/h4-7H,3H2,1-2H3,(H,15,21)(H,19,20). The fourth-order valence-corrected chi connectivity index (χ4v) is 2.70. The smallest absolute Gasteiger partial charge is 0.350 e. The Kier molecular flexibility index (Phi) is 4.23. The number of nitrogens with one attached hydrogen (secondary N) is 1. The van der Waals surface area contributed by atoms with Crippen LogP contribution in [0.2, 0.25) is 0 Å². The molecule has 0 spiro atoms. The van der Waals surface area contributed by atoms with Crippen molar-refractivity contribution in [3.63, 3.8) is 0 Å². The highest BCUT2D eigenvalue weighted by Gasteiger charge is 2.52. The number of benzene rings is 1. The summed E-state index contributed by atoms with van der Waals surface area (Å²) in [6, 6.07) is 6.05. The van der Waals surface area contributed by atoms with Gasteiger partial charge in [-0.15, -0.1) is 0 Å². The van der Waals surface area contributed by atoms with Crippen molar-refractivity contribution < 1.29 is 24.3 Å². The number of rotatable bonds is 4. The number of hydrogen-bond acceptors (Lipinski definition) is 5. The van der Waals surface area contributed by atoms with Crippen LogP contribution in [0, 0.1) is 0 Å². The van der Waals surface area contributed by atoms with Gasteiger partial charge in [0.2, 0.25) is 5.66 Å². The van der Waals surface area contributed by atoms with Crippen LogP contribution in [0.25, 0.3) is 0 Å². The van der Waals surface area contributed by atoms with Gasteiger partial charge >= 0.3 is 5.97 Å². The summed E-state index contributed by atoms with van der Waals surface area (Å²) in [5, 5.41) is 11.1. The molecule has 116 valence electrons. The van der Waals surface area contributed by atoms with Crippen LogP contribution in [0.15, 0.2) is 24.3 Å². The number of carboxylic acids is 1. The number of carboxylic acid groups (broad SMARTS) is 1. The molecule has 3 amide bonds. The second kappa shape index (κ2) is 5.80. The quantitative estimate of drug-likeness (QED) is 0.815. The molecule has 1 aliphatic heterocycles. The minimum Gasteiger partial charge on any atom is -0.478 e. The summed E-state index contributed by atoms with van der Waals surface area (Å²) in [4.78, 5) is 48.7. The lowest BCUT2D eigenvalue weighted by Gasteiger charge is -2.33. The SMILES string of the molecule is CCSC(=O)NC(C)(C(=O)O)N1C(=O)c2ccccc2C1=O. The number of carbonyl (C=O) groups excluding carboxylic acids is 3. The Bertz CT molecular complexity index is 640.